The zero-order valence-corrected chi connectivity index (χ0v) is 12.5. The van der Waals surface area contributed by atoms with Crippen molar-refractivity contribution in [2.75, 3.05) is 0 Å². The molecule has 0 radical (unpaired) electrons. The third-order valence-electron chi connectivity index (χ3n) is 2.81. The number of aromatic nitrogens is 2. The number of nitrogens with zero attached hydrogens (tertiary/aromatic N) is 4. The van der Waals surface area contributed by atoms with Gasteiger partial charge in [0.25, 0.3) is 5.91 Å². The highest BCUT2D eigenvalue weighted by molar-refractivity contribution is 6.30. The summed E-state index contributed by atoms with van der Waals surface area (Å²) in [5.74, 6) is -0.749. The molecule has 2 aromatic rings. The standard InChI is InChI=1S/C13H12ClN5O3/c1-8(9-3-5-10(14)6-4-9)15-16-13(20)12-11(19(21)22)7-18(2)17-12/h3-7H,1-2H3,(H,16,20). The lowest BCUT2D eigenvalue weighted by Crippen LogP contribution is -2.21. The van der Waals surface area contributed by atoms with Crippen LogP contribution in [0, 0.1) is 10.1 Å². The number of hydrogen-bond acceptors (Lipinski definition) is 5. The molecule has 0 saturated heterocycles. The Morgan fingerprint density at radius 1 is 1.41 bits per heavy atom. The summed E-state index contributed by atoms with van der Waals surface area (Å²) < 4.78 is 1.20. The Hall–Kier alpha value is -2.74. The zero-order chi connectivity index (χ0) is 16.3. The van der Waals surface area contributed by atoms with Gasteiger partial charge in [-0.25, -0.2) is 5.43 Å². The average Bonchev–Trinajstić information content (AvgIpc) is 2.87. The highest BCUT2D eigenvalue weighted by Gasteiger charge is 2.24. The Balaban J connectivity index is 2.17. The van der Waals surface area contributed by atoms with E-state index in [0.29, 0.717) is 10.7 Å². The van der Waals surface area contributed by atoms with E-state index in [2.05, 4.69) is 15.6 Å². The van der Waals surface area contributed by atoms with Crippen LogP contribution in [0.1, 0.15) is 23.0 Å². The zero-order valence-electron chi connectivity index (χ0n) is 11.8. The van der Waals surface area contributed by atoms with Gasteiger partial charge < -0.3 is 0 Å². The largest absolute Gasteiger partial charge is 0.320 e. The fourth-order valence-corrected chi connectivity index (χ4v) is 1.84. The molecule has 2 rings (SSSR count). The fourth-order valence-electron chi connectivity index (χ4n) is 1.71. The molecule has 1 heterocycles. The van der Waals surface area contributed by atoms with Crippen molar-refractivity contribution < 1.29 is 9.72 Å². The second-order valence-electron chi connectivity index (χ2n) is 4.44. The van der Waals surface area contributed by atoms with Crippen LogP contribution in [0.2, 0.25) is 5.02 Å². The topological polar surface area (TPSA) is 102 Å². The molecule has 8 nitrogen and oxygen atoms in total. The molecule has 0 unspecified atom stereocenters. The van der Waals surface area contributed by atoms with Gasteiger partial charge in [0.1, 0.15) is 6.20 Å². The molecule has 0 saturated carbocycles. The molecule has 0 atom stereocenters. The minimum absolute atomic E-state index is 0.292. The van der Waals surface area contributed by atoms with Crippen molar-refractivity contribution in [3.05, 3.63) is 56.9 Å². The molecule has 0 fully saturated rings. The van der Waals surface area contributed by atoms with E-state index in [1.54, 1.807) is 31.2 Å². The number of aryl methyl sites for hydroxylation is 1. The normalized spacial score (nSPS) is 11.3. The molecule has 0 aliphatic rings. The molecule has 114 valence electrons. The molecule has 22 heavy (non-hydrogen) atoms. The maximum Gasteiger partial charge on any atom is 0.320 e. The summed E-state index contributed by atoms with van der Waals surface area (Å²) in [6.07, 6.45) is 1.16. The van der Waals surface area contributed by atoms with E-state index in [1.165, 1.54) is 11.7 Å². The Labute approximate surface area is 130 Å². The third kappa shape index (κ3) is 3.47. The summed E-state index contributed by atoms with van der Waals surface area (Å²) in [5, 5.41) is 19.1. The van der Waals surface area contributed by atoms with E-state index in [1.807, 2.05) is 0 Å². The van der Waals surface area contributed by atoms with E-state index in [9.17, 15) is 14.9 Å². The van der Waals surface area contributed by atoms with Crippen molar-refractivity contribution in [1.29, 1.82) is 0 Å². The number of benzene rings is 1. The minimum atomic E-state index is -0.749. The lowest BCUT2D eigenvalue weighted by Gasteiger charge is -2.01. The van der Waals surface area contributed by atoms with Crippen LogP contribution in [0.3, 0.4) is 0 Å². The van der Waals surface area contributed by atoms with Crippen molar-refractivity contribution in [2.45, 2.75) is 6.92 Å². The molecule has 1 N–H and O–H groups in total. The fraction of sp³-hybridized carbons (Fsp3) is 0.154. The maximum absolute atomic E-state index is 12.0. The number of hydrogen-bond donors (Lipinski definition) is 1. The number of halogens is 1. The number of carbonyl (C=O) groups is 1. The number of amides is 1. The van der Waals surface area contributed by atoms with Gasteiger partial charge in [-0.1, -0.05) is 23.7 Å². The molecule has 1 aromatic heterocycles. The molecule has 1 amide bonds. The van der Waals surface area contributed by atoms with Gasteiger partial charge in [0.2, 0.25) is 5.69 Å². The SMILES string of the molecule is CC(=NNC(=O)c1nn(C)cc1[N+](=O)[O-])c1ccc(Cl)cc1. The first kappa shape index (κ1) is 15.6. The minimum Gasteiger partial charge on any atom is -0.268 e. The van der Waals surface area contributed by atoms with Crippen molar-refractivity contribution in [3.63, 3.8) is 0 Å². The van der Waals surface area contributed by atoms with Crippen LogP contribution in [0.5, 0.6) is 0 Å². The lowest BCUT2D eigenvalue weighted by atomic mass is 10.1. The van der Waals surface area contributed by atoms with Crippen molar-refractivity contribution in [1.82, 2.24) is 15.2 Å². The van der Waals surface area contributed by atoms with Gasteiger partial charge in [-0.2, -0.15) is 10.2 Å². The van der Waals surface area contributed by atoms with E-state index < -0.39 is 10.8 Å². The Morgan fingerprint density at radius 3 is 2.64 bits per heavy atom. The van der Waals surface area contributed by atoms with E-state index in [-0.39, 0.29) is 11.4 Å². The van der Waals surface area contributed by atoms with Gasteiger partial charge in [0.05, 0.1) is 10.6 Å². The van der Waals surface area contributed by atoms with Crippen LogP contribution in [0.15, 0.2) is 35.6 Å². The molecular formula is C13H12ClN5O3. The number of nitrogens with one attached hydrogen (secondary N) is 1. The molecule has 0 aliphatic carbocycles. The number of carbonyl (C=O) groups excluding carboxylic acids is 1. The second kappa shape index (κ2) is 6.35. The molecule has 0 aliphatic heterocycles. The lowest BCUT2D eigenvalue weighted by molar-refractivity contribution is -0.385. The van der Waals surface area contributed by atoms with Crippen molar-refractivity contribution in [3.8, 4) is 0 Å². The van der Waals surface area contributed by atoms with Crippen LogP contribution in [-0.2, 0) is 7.05 Å². The van der Waals surface area contributed by atoms with Crippen LogP contribution >= 0.6 is 11.6 Å². The van der Waals surface area contributed by atoms with Gasteiger partial charge >= 0.3 is 5.69 Å². The monoisotopic (exact) mass is 321 g/mol. The van der Waals surface area contributed by atoms with Crippen LogP contribution in [0.25, 0.3) is 0 Å². The number of nitro groups is 1. The molecule has 0 bridgehead atoms. The first-order valence-corrected chi connectivity index (χ1v) is 6.55. The number of rotatable bonds is 4. The second-order valence-corrected chi connectivity index (χ2v) is 4.88. The highest BCUT2D eigenvalue weighted by Crippen LogP contribution is 2.15. The summed E-state index contributed by atoms with van der Waals surface area (Å²) in [6.45, 7) is 1.69. The molecule has 9 heteroatoms. The van der Waals surface area contributed by atoms with Gasteiger partial charge in [-0.15, -0.1) is 0 Å². The van der Waals surface area contributed by atoms with Crippen molar-refractivity contribution in [2.24, 2.45) is 12.1 Å². The summed E-state index contributed by atoms with van der Waals surface area (Å²) >= 11 is 5.79. The third-order valence-corrected chi connectivity index (χ3v) is 3.06. The van der Waals surface area contributed by atoms with Gasteiger partial charge in [0, 0.05) is 12.1 Å². The number of hydrazone groups is 1. The predicted molar refractivity (Wildman–Crippen MR) is 81.0 cm³/mol. The van der Waals surface area contributed by atoms with Crippen LogP contribution in [-0.4, -0.2) is 26.3 Å². The van der Waals surface area contributed by atoms with Crippen LogP contribution < -0.4 is 5.43 Å². The molecule has 1 aromatic carbocycles. The Bertz CT molecular complexity index is 752. The first-order valence-electron chi connectivity index (χ1n) is 6.17. The van der Waals surface area contributed by atoms with E-state index in [0.717, 1.165) is 11.8 Å². The van der Waals surface area contributed by atoms with Gasteiger partial charge in [0.15, 0.2) is 0 Å². The first-order chi connectivity index (χ1) is 10.4. The summed E-state index contributed by atoms with van der Waals surface area (Å²) in [6, 6.07) is 6.88. The Kier molecular flexibility index (Phi) is 4.52. The predicted octanol–water partition coefficient (Wildman–Crippen LogP) is 2.14. The summed E-state index contributed by atoms with van der Waals surface area (Å²) in [7, 11) is 1.49. The maximum atomic E-state index is 12.0. The van der Waals surface area contributed by atoms with E-state index >= 15 is 0 Å². The quantitative estimate of drug-likeness (QED) is 0.529. The summed E-state index contributed by atoms with van der Waals surface area (Å²) in [5.41, 5.74) is 2.88. The average molecular weight is 322 g/mol. The smallest absolute Gasteiger partial charge is 0.268 e. The van der Waals surface area contributed by atoms with Crippen molar-refractivity contribution >= 4 is 28.9 Å². The van der Waals surface area contributed by atoms with Gasteiger partial charge in [-0.05, 0) is 24.6 Å². The molecular weight excluding hydrogens is 310 g/mol. The van der Waals surface area contributed by atoms with Gasteiger partial charge in [-0.3, -0.25) is 19.6 Å². The highest BCUT2D eigenvalue weighted by atomic mass is 35.5. The van der Waals surface area contributed by atoms with Crippen LogP contribution in [0.4, 0.5) is 5.69 Å². The Morgan fingerprint density at radius 2 is 2.05 bits per heavy atom. The summed E-state index contributed by atoms with van der Waals surface area (Å²) in [4.78, 5) is 22.1. The van der Waals surface area contributed by atoms with E-state index in [4.69, 9.17) is 11.6 Å². The molecule has 0 spiro atoms.